The monoisotopic (exact) mass is 276 g/mol. The lowest BCUT2D eigenvalue weighted by atomic mass is 10.0. The highest BCUT2D eigenvalue weighted by atomic mass is 16.6. The summed E-state index contributed by atoms with van der Waals surface area (Å²) < 4.78 is 5.13. The van der Waals surface area contributed by atoms with Crippen molar-refractivity contribution in [2.24, 2.45) is 5.16 Å². The summed E-state index contributed by atoms with van der Waals surface area (Å²) in [4.78, 5) is 18.6. The van der Waals surface area contributed by atoms with E-state index in [2.05, 4.69) is 5.16 Å². The van der Waals surface area contributed by atoms with Gasteiger partial charge in [-0.3, -0.25) is 4.79 Å². The molecule has 1 heterocycles. The van der Waals surface area contributed by atoms with Gasteiger partial charge < -0.3 is 14.5 Å². The van der Waals surface area contributed by atoms with Gasteiger partial charge in [-0.05, 0) is 29.8 Å². The van der Waals surface area contributed by atoms with E-state index in [1.165, 1.54) is 0 Å². The van der Waals surface area contributed by atoms with E-state index < -0.39 is 0 Å². The summed E-state index contributed by atoms with van der Waals surface area (Å²) in [7, 11) is 3.43. The summed E-state index contributed by atoms with van der Waals surface area (Å²) in [6.45, 7) is 2.42. The van der Waals surface area contributed by atoms with Gasteiger partial charge in [0.1, 0.15) is 5.75 Å². The van der Waals surface area contributed by atoms with Crippen LogP contribution in [0.5, 0.6) is 5.75 Å². The Morgan fingerprint density at radius 3 is 2.75 bits per heavy atom. The second-order valence-electron chi connectivity index (χ2n) is 4.83. The van der Waals surface area contributed by atoms with Gasteiger partial charge in [-0.1, -0.05) is 12.1 Å². The summed E-state index contributed by atoms with van der Waals surface area (Å²) in [6, 6.07) is 7.73. The third-order valence-electron chi connectivity index (χ3n) is 3.36. The number of benzene rings is 1. The highest BCUT2D eigenvalue weighted by Crippen LogP contribution is 2.19. The second-order valence-corrected chi connectivity index (χ2v) is 4.83. The van der Waals surface area contributed by atoms with E-state index >= 15 is 0 Å². The van der Waals surface area contributed by atoms with Crippen LogP contribution >= 0.6 is 0 Å². The SMILES string of the molecule is CCC(=O)N(C)CC1CC(c2ccc(OC)cc2)=NO1. The quantitative estimate of drug-likeness (QED) is 0.827. The maximum Gasteiger partial charge on any atom is 0.222 e. The third-order valence-corrected chi connectivity index (χ3v) is 3.36. The van der Waals surface area contributed by atoms with Crippen molar-refractivity contribution < 1.29 is 14.4 Å². The Morgan fingerprint density at radius 2 is 2.15 bits per heavy atom. The molecule has 0 spiro atoms. The highest BCUT2D eigenvalue weighted by molar-refractivity contribution is 6.01. The molecule has 0 bridgehead atoms. The number of methoxy groups -OCH3 is 1. The predicted molar refractivity (Wildman–Crippen MR) is 76.9 cm³/mol. The van der Waals surface area contributed by atoms with Crippen LogP contribution in [0.1, 0.15) is 25.3 Å². The van der Waals surface area contributed by atoms with Crippen molar-refractivity contribution in [2.45, 2.75) is 25.9 Å². The third kappa shape index (κ3) is 3.29. The van der Waals surface area contributed by atoms with Gasteiger partial charge in [0, 0.05) is 19.9 Å². The number of amides is 1. The number of carbonyl (C=O) groups is 1. The zero-order chi connectivity index (χ0) is 14.5. The van der Waals surface area contributed by atoms with Crippen LogP contribution in [0.2, 0.25) is 0 Å². The Labute approximate surface area is 119 Å². The smallest absolute Gasteiger partial charge is 0.222 e. The van der Waals surface area contributed by atoms with E-state index in [1.54, 1.807) is 19.1 Å². The number of likely N-dealkylation sites (N-methyl/N-ethyl adjacent to an activating group) is 1. The molecule has 1 unspecified atom stereocenters. The van der Waals surface area contributed by atoms with Crippen molar-refractivity contribution >= 4 is 11.6 Å². The fraction of sp³-hybridized carbons (Fsp3) is 0.467. The van der Waals surface area contributed by atoms with Crippen LogP contribution in [0.3, 0.4) is 0 Å². The van der Waals surface area contributed by atoms with E-state index in [-0.39, 0.29) is 12.0 Å². The van der Waals surface area contributed by atoms with Crippen LogP contribution in [0.25, 0.3) is 0 Å². The number of hydrogen-bond donors (Lipinski definition) is 0. The van der Waals surface area contributed by atoms with Gasteiger partial charge in [-0.25, -0.2) is 0 Å². The maximum atomic E-state index is 11.5. The van der Waals surface area contributed by atoms with Crippen LogP contribution in [0.4, 0.5) is 0 Å². The predicted octanol–water partition coefficient (Wildman–Crippen LogP) is 2.06. The molecule has 1 atom stereocenters. The fourth-order valence-electron chi connectivity index (χ4n) is 2.16. The van der Waals surface area contributed by atoms with Crippen molar-refractivity contribution in [3.8, 4) is 5.75 Å². The first-order chi connectivity index (χ1) is 9.63. The number of oxime groups is 1. The molecule has 0 radical (unpaired) electrons. The first kappa shape index (κ1) is 14.4. The molecule has 0 aromatic heterocycles. The zero-order valence-corrected chi connectivity index (χ0v) is 12.1. The molecular formula is C15H20N2O3. The van der Waals surface area contributed by atoms with Gasteiger partial charge in [0.25, 0.3) is 0 Å². The van der Waals surface area contributed by atoms with Gasteiger partial charge in [-0.2, -0.15) is 0 Å². The molecule has 0 aliphatic carbocycles. The average Bonchev–Trinajstić information content (AvgIpc) is 2.94. The topological polar surface area (TPSA) is 51.1 Å². The minimum atomic E-state index is -0.0624. The van der Waals surface area contributed by atoms with Gasteiger partial charge in [0.2, 0.25) is 5.91 Å². The summed E-state index contributed by atoms with van der Waals surface area (Å²) >= 11 is 0. The number of nitrogens with zero attached hydrogens (tertiary/aromatic N) is 2. The Hall–Kier alpha value is -2.04. The van der Waals surface area contributed by atoms with Crippen LogP contribution in [-0.2, 0) is 9.63 Å². The normalized spacial score (nSPS) is 17.4. The number of rotatable bonds is 5. The molecule has 1 aliphatic heterocycles. The lowest BCUT2D eigenvalue weighted by molar-refractivity contribution is -0.131. The molecule has 1 aromatic carbocycles. The van der Waals surface area contributed by atoms with Crippen molar-refractivity contribution in [1.29, 1.82) is 0 Å². The molecule has 0 fully saturated rings. The Bertz CT molecular complexity index is 496. The molecule has 5 heteroatoms. The highest BCUT2D eigenvalue weighted by Gasteiger charge is 2.24. The molecule has 5 nitrogen and oxygen atoms in total. The van der Waals surface area contributed by atoms with E-state index in [0.717, 1.165) is 17.0 Å². The van der Waals surface area contributed by atoms with E-state index in [4.69, 9.17) is 9.57 Å². The second kappa shape index (κ2) is 6.41. The van der Waals surface area contributed by atoms with Crippen molar-refractivity contribution in [2.75, 3.05) is 20.7 Å². The van der Waals surface area contributed by atoms with Gasteiger partial charge in [-0.15, -0.1) is 0 Å². The lowest BCUT2D eigenvalue weighted by Gasteiger charge is -2.19. The molecule has 1 amide bonds. The van der Waals surface area contributed by atoms with Crippen LogP contribution < -0.4 is 4.74 Å². The van der Waals surface area contributed by atoms with Crippen molar-refractivity contribution in [3.63, 3.8) is 0 Å². The van der Waals surface area contributed by atoms with Crippen molar-refractivity contribution in [3.05, 3.63) is 29.8 Å². The molecule has 2 rings (SSSR count). The van der Waals surface area contributed by atoms with Gasteiger partial charge >= 0.3 is 0 Å². The Balaban J connectivity index is 1.92. The summed E-state index contributed by atoms with van der Waals surface area (Å²) in [5.74, 6) is 0.935. The lowest BCUT2D eigenvalue weighted by Crippen LogP contribution is -2.34. The van der Waals surface area contributed by atoms with Crippen LogP contribution in [-0.4, -0.2) is 43.3 Å². The first-order valence-corrected chi connectivity index (χ1v) is 6.75. The van der Waals surface area contributed by atoms with Crippen molar-refractivity contribution in [1.82, 2.24) is 4.90 Å². The molecule has 20 heavy (non-hydrogen) atoms. The molecule has 0 saturated heterocycles. The standard InChI is InChI=1S/C15H20N2O3/c1-4-15(18)17(2)10-13-9-14(16-20-13)11-5-7-12(19-3)8-6-11/h5-8,13H,4,9-10H2,1-3H3. The zero-order valence-electron chi connectivity index (χ0n) is 12.1. The molecule has 108 valence electrons. The Kier molecular flexibility index (Phi) is 4.61. The molecule has 1 aromatic rings. The molecule has 0 N–H and O–H groups in total. The van der Waals surface area contributed by atoms with E-state index in [1.807, 2.05) is 31.2 Å². The number of hydrogen-bond acceptors (Lipinski definition) is 4. The molecular weight excluding hydrogens is 256 g/mol. The maximum absolute atomic E-state index is 11.5. The summed E-state index contributed by atoms with van der Waals surface area (Å²) in [5.41, 5.74) is 1.94. The van der Waals surface area contributed by atoms with Gasteiger partial charge in [0.05, 0.1) is 19.4 Å². The summed E-state index contributed by atoms with van der Waals surface area (Å²) in [5, 5.41) is 4.12. The first-order valence-electron chi connectivity index (χ1n) is 6.75. The minimum Gasteiger partial charge on any atom is -0.497 e. The van der Waals surface area contributed by atoms with Crippen LogP contribution in [0.15, 0.2) is 29.4 Å². The van der Waals surface area contributed by atoms with Crippen LogP contribution in [0, 0.1) is 0 Å². The molecule has 1 aliphatic rings. The van der Waals surface area contributed by atoms with Gasteiger partial charge in [0.15, 0.2) is 6.10 Å². The number of ether oxygens (including phenoxy) is 1. The molecule has 0 saturated carbocycles. The average molecular weight is 276 g/mol. The minimum absolute atomic E-state index is 0.0624. The number of carbonyl (C=O) groups excluding carboxylic acids is 1. The van der Waals surface area contributed by atoms with E-state index in [0.29, 0.717) is 19.4 Å². The van der Waals surface area contributed by atoms with E-state index in [9.17, 15) is 4.79 Å². The summed E-state index contributed by atoms with van der Waals surface area (Å²) in [6.07, 6.45) is 1.16. The fourth-order valence-corrected chi connectivity index (χ4v) is 2.16. The Morgan fingerprint density at radius 1 is 1.45 bits per heavy atom. The largest absolute Gasteiger partial charge is 0.497 e.